The van der Waals surface area contributed by atoms with E-state index >= 15 is 0 Å². The summed E-state index contributed by atoms with van der Waals surface area (Å²) in [7, 11) is 0. The van der Waals surface area contributed by atoms with Gasteiger partial charge < -0.3 is 27.5 Å². The number of rotatable bonds is 12. The molecule has 0 aromatic heterocycles. The molecule has 1 fully saturated rings. The van der Waals surface area contributed by atoms with Crippen LogP contribution in [0.3, 0.4) is 0 Å². The van der Waals surface area contributed by atoms with Gasteiger partial charge in [0.2, 0.25) is 0 Å². The van der Waals surface area contributed by atoms with Crippen molar-refractivity contribution < 1.29 is 47.4 Å². The molecule has 3 unspecified atom stereocenters. The van der Waals surface area contributed by atoms with E-state index < -0.39 is 6.10 Å². The minimum Gasteiger partial charge on any atom is -0.392 e. The van der Waals surface area contributed by atoms with Gasteiger partial charge in [0, 0.05) is 63.2 Å². The van der Waals surface area contributed by atoms with Gasteiger partial charge in [0.1, 0.15) is 0 Å². The number of carbonyl (C=O) groups excluding carboxylic acids is 2. The summed E-state index contributed by atoms with van der Waals surface area (Å²) in [5, 5.41) is 16.3. The number of aliphatic hydroxyl groups excluding tert-OH is 1. The van der Waals surface area contributed by atoms with Crippen LogP contribution in [0.4, 0.5) is 0 Å². The topological polar surface area (TPSA) is 81.7 Å². The van der Waals surface area contributed by atoms with Crippen molar-refractivity contribution in [3.8, 4) is 0 Å². The normalized spacial score (nSPS) is 21.8. The van der Waals surface area contributed by atoms with Crippen LogP contribution < -0.4 is 10.6 Å². The van der Waals surface area contributed by atoms with Crippen molar-refractivity contribution >= 4 is 11.6 Å². The molecule has 0 saturated carbocycles. The second-order valence-corrected chi connectivity index (χ2v) is 7.67. The number of likely N-dealkylation sites (tertiary alicyclic amines) is 1. The maximum atomic E-state index is 12.5. The number of hydrogen-bond donors (Lipinski definition) is 3. The van der Waals surface area contributed by atoms with Crippen molar-refractivity contribution in [2.75, 3.05) is 19.6 Å². The SMILES string of the molecule is [CH2-]C(=O)C(CCCCNC(C)C)NCC(=O)C1CC(O)CN1C(C)C.[Y]. The van der Waals surface area contributed by atoms with Crippen LogP contribution in [-0.2, 0) is 42.3 Å². The first kappa shape index (κ1) is 26.2. The molecule has 0 aromatic rings. The predicted octanol–water partition coefficient (Wildman–Crippen LogP) is 0.926. The molecule has 1 aliphatic rings. The predicted molar refractivity (Wildman–Crippen MR) is 100 cm³/mol. The second kappa shape index (κ2) is 13.4. The largest absolute Gasteiger partial charge is 0.392 e. The van der Waals surface area contributed by atoms with E-state index in [1.807, 2.05) is 18.7 Å². The summed E-state index contributed by atoms with van der Waals surface area (Å²) in [6, 6.07) is 0.0386. The first-order chi connectivity index (χ1) is 11.7. The zero-order chi connectivity index (χ0) is 19.0. The average Bonchev–Trinajstić information content (AvgIpc) is 2.91. The van der Waals surface area contributed by atoms with Crippen LogP contribution in [0.2, 0.25) is 0 Å². The third-order valence-corrected chi connectivity index (χ3v) is 4.74. The summed E-state index contributed by atoms with van der Waals surface area (Å²) >= 11 is 0. The van der Waals surface area contributed by atoms with E-state index in [0.29, 0.717) is 25.4 Å². The fourth-order valence-electron chi connectivity index (χ4n) is 3.31. The van der Waals surface area contributed by atoms with Crippen LogP contribution in [0.1, 0.15) is 53.4 Å². The molecule has 1 radical (unpaired) electrons. The van der Waals surface area contributed by atoms with E-state index in [2.05, 4.69) is 31.4 Å². The molecule has 0 amide bonds. The molecule has 0 bridgehead atoms. The number of Topliss-reactive ketones (excluding diaryl/α,β-unsaturated/α-hetero) is 2. The van der Waals surface area contributed by atoms with Crippen molar-refractivity contribution in [2.24, 2.45) is 0 Å². The maximum absolute atomic E-state index is 12.5. The number of aliphatic hydroxyl groups is 1. The van der Waals surface area contributed by atoms with Gasteiger partial charge in [-0.3, -0.25) is 9.69 Å². The van der Waals surface area contributed by atoms with Crippen LogP contribution >= 0.6 is 0 Å². The summed E-state index contributed by atoms with van der Waals surface area (Å²) in [5.41, 5.74) is 0. The van der Waals surface area contributed by atoms with E-state index in [0.717, 1.165) is 19.4 Å². The number of hydrogen-bond acceptors (Lipinski definition) is 6. The maximum Gasteiger partial charge on any atom is 0.163 e. The van der Waals surface area contributed by atoms with Crippen molar-refractivity contribution in [1.82, 2.24) is 15.5 Å². The Balaban J connectivity index is 0.00000625. The molecule has 1 aliphatic heterocycles. The van der Waals surface area contributed by atoms with Gasteiger partial charge in [-0.1, -0.05) is 20.3 Å². The number of ketones is 2. The van der Waals surface area contributed by atoms with Gasteiger partial charge >= 0.3 is 0 Å². The van der Waals surface area contributed by atoms with E-state index in [-0.39, 0.29) is 68.9 Å². The average molecular weight is 443 g/mol. The molecule has 1 heterocycles. The number of unbranched alkanes of at least 4 members (excludes halogenated alkanes) is 1. The van der Waals surface area contributed by atoms with Crippen LogP contribution in [-0.4, -0.2) is 71.5 Å². The van der Waals surface area contributed by atoms with Gasteiger partial charge in [0.15, 0.2) is 5.78 Å². The smallest absolute Gasteiger partial charge is 0.163 e. The first-order valence-corrected chi connectivity index (χ1v) is 9.51. The Morgan fingerprint density at radius 1 is 1.19 bits per heavy atom. The van der Waals surface area contributed by atoms with Gasteiger partial charge in [-0.2, -0.15) is 0 Å². The molecule has 0 aliphatic carbocycles. The number of carbonyl (C=O) groups is 2. The molecule has 3 atom stereocenters. The molecular formula is C19H36N3O3Y-. The number of nitrogens with one attached hydrogen (secondary N) is 2. The number of nitrogens with zero attached hydrogens (tertiary/aromatic N) is 1. The zero-order valence-corrected chi connectivity index (χ0v) is 19.7. The molecule has 1 saturated heterocycles. The Hall–Kier alpha value is 0.154. The molecular weight excluding hydrogens is 407 g/mol. The Kier molecular flexibility index (Phi) is 13.4. The van der Waals surface area contributed by atoms with E-state index in [1.54, 1.807) is 0 Å². The summed E-state index contributed by atoms with van der Waals surface area (Å²) in [4.78, 5) is 26.3. The summed E-state index contributed by atoms with van der Waals surface area (Å²) in [5.74, 6) is -0.130. The van der Waals surface area contributed by atoms with Crippen LogP contribution in [0, 0.1) is 6.92 Å². The van der Waals surface area contributed by atoms with Crippen LogP contribution in [0.5, 0.6) is 0 Å². The fourth-order valence-corrected chi connectivity index (χ4v) is 3.31. The Bertz CT molecular complexity index is 432. The third-order valence-electron chi connectivity index (χ3n) is 4.74. The van der Waals surface area contributed by atoms with Gasteiger partial charge in [-0.25, -0.2) is 0 Å². The minimum absolute atomic E-state index is 0. The van der Waals surface area contributed by atoms with Crippen molar-refractivity contribution in [2.45, 2.75) is 83.6 Å². The molecule has 1 rings (SSSR count). The molecule has 7 heteroatoms. The van der Waals surface area contributed by atoms with Gasteiger partial charge in [-0.15, -0.1) is 0 Å². The van der Waals surface area contributed by atoms with E-state index in [4.69, 9.17) is 0 Å². The van der Waals surface area contributed by atoms with Crippen molar-refractivity contribution in [3.05, 3.63) is 6.92 Å². The Morgan fingerprint density at radius 2 is 1.85 bits per heavy atom. The molecule has 149 valence electrons. The summed E-state index contributed by atoms with van der Waals surface area (Å²) in [6.45, 7) is 13.4. The van der Waals surface area contributed by atoms with Gasteiger partial charge in [0.25, 0.3) is 0 Å². The van der Waals surface area contributed by atoms with Crippen molar-refractivity contribution in [1.29, 1.82) is 0 Å². The monoisotopic (exact) mass is 443 g/mol. The minimum atomic E-state index is -0.449. The van der Waals surface area contributed by atoms with Crippen molar-refractivity contribution in [3.63, 3.8) is 0 Å². The third kappa shape index (κ3) is 9.38. The Labute approximate surface area is 184 Å². The molecule has 0 spiro atoms. The molecule has 26 heavy (non-hydrogen) atoms. The van der Waals surface area contributed by atoms with Gasteiger partial charge in [0.05, 0.1) is 18.7 Å². The first-order valence-electron chi connectivity index (χ1n) is 9.51. The standard InChI is InChI=1S/C19H36N3O3.Y/c1-13(2)20-9-7-6-8-17(15(5)23)21-11-19(25)18-10-16(24)12-22(18)14(3)4;/h13-14,16-18,20-21,24H,5-12H2,1-4H3;/q-1;. The van der Waals surface area contributed by atoms with Crippen LogP contribution in [0.15, 0.2) is 0 Å². The second-order valence-electron chi connectivity index (χ2n) is 7.67. The van der Waals surface area contributed by atoms with E-state index in [1.165, 1.54) is 0 Å². The number of β-amino-alcohol motifs (C(OH)–C–C–N with tert-alkyl or cyclic N) is 1. The van der Waals surface area contributed by atoms with Gasteiger partial charge in [-0.05, 0) is 39.7 Å². The van der Waals surface area contributed by atoms with E-state index in [9.17, 15) is 14.7 Å². The van der Waals surface area contributed by atoms with Crippen LogP contribution in [0.25, 0.3) is 0 Å². The molecule has 3 N–H and O–H groups in total. The zero-order valence-electron chi connectivity index (χ0n) is 16.8. The Morgan fingerprint density at radius 3 is 2.38 bits per heavy atom. The fraction of sp³-hybridized carbons (Fsp3) is 0.842. The molecule has 0 aromatic carbocycles. The summed E-state index contributed by atoms with van der Waals surface area (Å²) < 4.78 is 0. The quantitative estimate of drug-likeness (QED) is 0.308. The summed E-state index contributed by atoms with van der Waals surface area (Å²) in [6.07, 6.45) is 2.62. The molecule has 6 nitrogen and oxygen atoms in total.